The molecule has 0 aliphatic rings. The van der Waals surface area contributed by atoms with E-state index in [4.69, 9.17) is 5.73 Å². The topological polar surface area (TPSA) is 73.8 Å². The highest BCUT2D eigenvalue weighted by atomic mass is 19.3. The third-order valence-electron chi connectivity index (χ3n) is 2.70. The fraction of sp³-hybridized carbons (Fsp3) is 0.700. The van der Waals surface area contributed by atoms with Crippen molar-refractivity contribution in [2.24, 2.45) is 11.7 Å². The van der Waals surface area contributed by atoms with Crippen LogP contribution in [-0.2, 0) is 11.2 Å². The first-order valence-corrected chi connectivity index (χ1v) is 5.35. The molecule has 0 aliphatic heterocycles. The number of rotatable bonds is 5. The molecule has 0 radical (unpaired) electrons. The van der Waals surface area contributed by atoms with Gasteiger partial charge in [-0.3, -0.25) is 4.79 Å². The molecule has 1 rings (SSSR count). The molecule has 96 valence electrons. The van der Waals surface area contributed by atoms with Gasteiger partial charge in [-0.15, -0.1) is 5.10 Å². The van der Waals surface area contributed by atoms with E-state index in [2.05, 4.69) is 10.3 Å². The van der Waals surface area contributed by atoms with Gasteiger partial charge in [0.15, 0.2) is 0 Å². The lowest BCUT2D eigenvalue weighted by molar-refractivity contribution is -0.117. The smallest absolute Gasteiger partial charge is 0.281 e. The molecule has 1 unspecified atom stereocenters. The molecule has 1 aromatic heterocycles. The summed E-state index contributed by atoms with van der Waals surface area (Å²) in [5.41, 5.74) is 4.62. The van der Waals surface area contributed by atoms with Crippen molar-refractivity contribution in [3.05, 3.63) is 11.4 Å². The summed E-state index contributed by atoms with van der Waals surface area (Å²) in [6.45, 7) is 5.57. The lowest BCUT2D eigenvalue weighted by Gasteiger charge is -2.18. The molecule has 0 aromatic carbocycles. The molecule has 1 aromatic rings. The summed E-state index contributed by atoms with van der Waals surface area (Å²) in [7, 11) is 0. The van der Waals surface area contributed by atoms with Crippen molar-refractivity contribution in [3.8, 4) is 0 Å². The van der Waals surface area contributed by atoms with E-state index < -0.39 is 12.3 Å². The highest BCUT2D eigenvalue weighted by Gasteiger charge is 2.26. The number of aromatic nitrogens is 3. The molecule has 0 saturated carbocycles. The van der Waals surface area contributed by atoms with E-state index in [9.17, 15) is 13.6 Å². The Morgan fingerprint density at radius 1 is 1.41 bits per heavy atom. The predicted octanol–water partition coefficient (Wildman–Crippen LogP) is 1.46. The molecule has 0 spiro atoms. The summed E-state index contributed by atoms with van der Waals surface area (Å²) in [5, 5.41) is 7.30. The number of halogens is 2. The third-order valence-corrected chi connectivity index (χ3v) is 2.70. The van der Waals surface area contributed by atoms with Gasteiger partial charge >= 0.3 is 0 Å². The Labute approximate surface area is 98.0 Å². The number of nitrogens with zero attached hydrogens (tertiary/aromatic N) is 3. The largest absolute Gasteiger partial charge is 0.369 e. The molecule has 17 heavy (non-hydrogen) atoms. The standard InChI is InChI=1S/C10H16F2N4O/c1-5(2)6(3)16-9(10(11)12)7(14-15-16)4-8(13)17/h5-6,10H,4H2,1-3H3,(H2,13,17). The van der Waals surface area contributed by atoms with Crippen molar-refractivity contribution in [2.75, 3.05) is 0 Å². The number of carbonyl (C=O) groups excluding carboxylic acids is 1. The van der Waals surface area contributed by atoms with Crippen molar-refractivity contribution in [2.45, 2.75) is 39.7 Å². The number of carbonyl (C=O) groups is 1. The van der Waals surface area contributed by atoms with Gasteiger partial charge in [0.1, 0.15) is 11.4 Å². The second kappa shape index (κ2) is 5.20. The molecule has 0 fully saturated rings. The Kier molecular flexibility index (Phi) is 4.14. The number of hydrogen-bond donors (Lipinski definition) is 1. The van der Waals surface area contributed by atoms with Crippen LogP contribution in [0.3, 0.4) is 0 Å². The van der Waals surface area contributed by atoms with Crippen LogP contribution in [0.5, 0.6) is 0 Å². The van der Waals surface area contributed by atoms with Crippen molar-refractivity contribution in [1.29, 1.82) is 0 Å². The van der Waals surface area contributed by atoms with Gasteiger partial charge < -0.3 is 5.73 Å². The first-order valence-electron chi connectivity index (χ1n) is 5.35. The Hall–Kier alpha value is -1.53. The van der Waals surface area contributed by atoms with Crippen LogP contribution in [0.15, 0.2) is 0 Å². The maximum atomic E-state index is 12.9. The van der Waals surface area contributed by atoms with E-state index in [0.29, 0.717) is 0 Å². The van der Waals surface area contributed by atoms with Crippen molar-refractivity contribution >= 4 is 5.91 Å². The Morgan fingerprint density at radius 3 is 2.41 bits per heavy atom. The maximum absolute atomic E-state index is 12.9. The Morgan fingerprint density at radius 2 is 2.00 bits per heavy atom. The summed E-state index contributed by atoms with van der Waals surface area (Å²) in [6, 6.07) is -0.215. The molecular weight excluding hydrogens is 230 g/mol. The minimum Gasteiger partial charge on any atom is -0.369 e. The first kappa shape index (κ1) is 13.5. The van der Waals surface area contributed by atoms with E-state index in [1.54, 1.807) is 6.92 Å². The van der Waals surface area contributed by atoms with E-state index >= 15 is 0 Å². The molecule has 0 aliphatic carbocycles. The summed E-state index contributed by atoms with van der Waals surface area (Å²) >= 11 is 0. The number of amides is 1. The minimum atomic E-state index is -2.72. The summed E-state index contributed by atoms with van der Waals surface area (Å²) in [4.78, 5) is 10.8. The van der Waals surface area contributed by atoms with Crippen molar-refractivity contribution < 1.29 is 13.6 Å². The van der Waals surface area contributed by atoms with Gasteiger partial charge in [-0.1, -0.05) is 19.1 Å². The van der Waals surface area contributed by atoms with Gasteiger partial charge in [-0.2, -0.15) is 0 Å². The zero-order valence-electron chi connectivity index (χ0n) is 10.0. The number of nitrogens with two attached hydrogens (primary N) is 1. The van der Waals surface area contributed by atoms with Crippen molar-refractivity contribution in [3.63, 3.8) is 0 Å². The second-order valence-electron chi connectivity index (χ2n) is 4.29. The van der Waals surface area contributed by atoms with Gasteiger partial charge in [-0.05, 0) is 12.8 Å². The van der Waals surface area contributed by atoms with E-state index in [-0.39, 0.29) is 29.8 Å². The van der Waals surface area contributed by atoms with E-state index in [1.165, 1.54) is 4.68 Å². The van der Waals surface area contributed by atoms with Crippen LogP contribution < -0.4 is 5.73 Å². The normalized spacial score (nSPS) is 13.4. The van der Waals surface area contributed by atoms with Crippen LogP contribution in [0.4, 0.5) is 8.78 Å². The van der Waals surface area contributed by atoms with Gasteiger partial charge in [-0.25, -0.2) is 13.5 Å². The highest BCUT2D eigenvalue weighted by Crippen LogP contribution is 2.27. The molecule has 7 heteroatoms. The predicted molar refractivity (Wildman–Crippen MR) is 57.4 cm³/mol. The van der Waals surface area contributed by atoms with Crippen LogP contribution in [0, 0.1) is 5.92 Å². The SMILES string of the molecule is CC(C)C(C)n1nnc(CC(N)=O)c1C(F)F. The first-order chi connectivity index (χ1) is 7.84. The number of alkyl halides is 2. The third kappa shape index (κ3) is 2.98. The van der Waals surface area contributed by atoms with Crippen LogP contribution in [0.25, 0.3) is 0 Å². The summed E-state index contributed by atoms with van der Waals surface area (Å²) < 4.78 is 27.1. The fourth-order valence-corrected chi connectivity index (χ4v) is 1.43. The zero-order chi connectivity index (χ0) is 13.2. The molecule has 0 saturated heterocycles. The summed E-state index contributed by atoms with van der Waals surface area (Å²) in [5.74, 6) is -0.563. The summed E-state index contributed by atoms with van der Waals surface area (Å²) in [6.07, 6.45) is -3.04. The molecule has 1 amide bonds. The lowest BCUT2D eigenvalue weighted by Crippen LogP contribution is -2.18. The average Bonchev–Trinajstić information content (AvgIpc) is 2.58. The molecule has 5 nitrogen and oxygen atoms in total. The maximum Gasteiger partial charge on any atom is 0.281 e. The lowest BCUT2D eigenvalue weighted by atomic mass is 10.1. The molecule has 1 heterocycles. The minimum absolute atomic E-state index is 0.0417. The van der Waals surface area contributed by atoms with Gasteiger partial charge in [0.05, 0.1) is 12.5 Å². The number of primary amides is 1. The number of hydrogen-bond acceptors (Lipinski definition) is 3. The monoisotopic (exact) mass is 246 g/mol. The molecule has 0 bridgehead atoms. The zero-order valence-corrected chi connectivity index (χ0v) is 10.0. The van der Waals surface area contributed by atoms with Gasteiger partial charge in [0, 0.05) is 0 Å². The van der Waals surface area contributed by atoms with E-state index in [1.807, 2.05) is 13.8 Å². The van der Waals surface area contributed by atoms with E-state index in [0.717, 1.165) is 0 Å². The van der Waals surface area contributed by atoms with Gasteiger partial charge in [0.2, 0.25) is 5.91 Å². The Bertz CT molecular complexity index is 403. The quantitative estimate of drug-likeness (QED) is 0.854. The van der Waals surface area contributed by atoms with Gasteiger partial charge in [0.25, 0.3) is 6.43 Å². The molecule has 2 N–H and O–H groups in total. The fourth-order valence-electron chi connectivity index (χ4n) is 1.43. The van der Waals surface area contributed by atoms with Crippen LogP contribution in [0.2, 0.25) is 0 Å². The molecular formula is C10H16F2N4O. The second-order valence-corrected chi connectivity index (χ2v) is 4.29. The Balaban J connectivity index is 3.15. The van der Waals surface area contributed by atoms with Crippen LogP contribution in [0.1, 0.15) is 44.6 Å². The highest BCUT2D eigenvalue weighted by molar-refractivity contribution is 5.76. The van der Waals surface area contributed by atoms with Crippen LogP contribution >= 0.6 is 0 Å². The molecule has 1 atom stereocenters. The van der Waals surface area contributed by atoms with Crippen LogP contribution in [-0.4, -0.2) is 20.9 Å². The average molecular weight is 246 g/mol. The van der Waals surface area contributed by atoms with Crippen molar-refractivity contribution in [1.82, 2.24) is 15.0 Å².